The quantitative estimate of drug-likeness (QED) is 0.414. The molecule has 0 N–H and O–H groups in total. The first-order valence-corrected chi connectivity index (χ1v) is 8.92. The molecule has 0 aliphatic rings. The van der Waals surface area contributed by atoms with Crippen molar-refractivity contribution in [3.8, 4) is 11.1 Å². The van der Waals surface area contributed by atoms with Gasteiger partial charge in [-0.25, -0.2) is 13.2 Å². The zero-order valence-corrected chi connectivity index (χ0v) is 14.9. The van der Waals surface area contributed by atoms with E-state index in [4.69, 9.17) is 13.9 Å². The molecular weight excluding hydrogens is 337 g/mol. The number of hydrogen-bond donors (Lipinski definition) is 0. The number of rotatable bonds is 8. The molecule has 7 heteroatoms. The molecule has 0 atom stereocenters. The van der Waals surface area contributed by atoms with Gasteiger partial charge in [0.25, 0.3) is 6.48 Å². The topological polar surface area (TPSA) is 27.7 Å². The molecule has 0 bridgehead atoms. The molecule has 0 unspecified atom stereocenters. The molecule has 0 radical (unpaired) electrons. The second-order valence-corrected chi connectivity index (χ2v) is 6.40. The number of hydrogen-bond acceptors (Lipinski definition) is 3. The minimum absolute atomic E-state index is 0.280. The Morgan fingerprint density at radius 3 is 1.92 bits per heavy atom. The van der Waals surface area contributed by atoms with Gasteiger partial charge in [0, 0.05) is 13.2 Å². The van der Waals surface area contributed by atoms with Crippen LogP contribution < -0.4 is 5.19 Å². The summed E-state index contributed by atoms with van der Waals surface area (Å²) in [5.74, 6) is -3.87. The van der Waals surface area contributed by atoms with E-state index in [0.29, 0.717) is 18.8 Å². The molecule has 0 aliphatic heterocycles. The molecule has 0 amide bonds. The van der Waals surface area contributed by atoms with Crippen molar-refractivity contribution < 1.29 is 27.1 Å². The van der Waals surface area contributed by atoms with Crippen LogP contribution in [-0.4, -0.2) is 29.5 Å². The molecule has 0 saturated heterocycles. The number of halogens is 3. The van der Waals surface area contributed by atoms with E-state index in [1.54, 1.807) is 12.1 Å². The van der Waals surface area contributed by atoms with E-state index < -0.39 is 33.7 Å². The molecule has 0 aromatic heterocycles. The predicted molar refractivity (Wildman–Crippen MR) is 88.1 cm³/mol. The van der Waals surface area contributed by atoms with Crippen LogP contribution in [0.5, 0.6) is 0 Å². The van der Waals surface area contributed by atoms with Gasteiger partial charge < -0.3 is 13.9 Å². The van der Waals surface area contributed by atoms with E-state index in [-0.39, 0.29) is 5.56 Å². The summed E-state index contributed by atoms with van der Waals surface area (Å²) < 4.78 is 55.9. The van der Waals surface area contributed by atoms with Gasteiger partial charge in [0.05, 0.1) is 0 Å². The molecule has 130 valence electrons. The van der Waals surface area contributed by atoms with Crippen molar-refractivity contribution in [2.45, 2.75) is 20.3 Å². The lowest BCUT2D eigenvalue weighted by Crippen LogP contribution is -2.28. The lowest BCUT2D eigenvalue weighted by Gasteiger charge is -2.17. The van der Waals surface area contributed by atoms with Crippen LogP contribution in [0.3, 0.4) is 0 Å². The monoisotopic (exact) mass is 356 g/mol. The van der Waals surface area contributed by atoms with Crippen molar-refractivity contribution in [3.63, 3.8) is 0 Å². The van der Waals surface area contributed by atoms with Gasteiger partial charge in [-0.05, 0) is 42.3 Å². The first kappa shape index (κ1) is 18.7. The Kier molecular flexibility index (Phi) is 6.98. The molecule has 0 spiro atoms. The van der Waals surface area contributed by atoms with Crippen molar-refractivity contribution in [1.82, 2.24) is 0 Å². The average Bonchev–Trinajstić information content (AvgIpc) is 2.58. The fourth-order valence-electron chi connectivity index (χ4n) is 2.10. The SMILES string of the molecule is CCOC(OCC)O[SiH2]c1ccc(-c2cc(F)c(F)c(F)c2)cc1. The largest absolute Gasteiger partial charge is 0.373 e. The van der Waals surface area contributed by atoms with E-state index in [1.165, 1.54) is 0 Å². The first-order valence-electron chi connectivity index (χ1n) is 7.63. The Morgan fingerprint density at radius 1 is 0.875 bits per heavy atom. The lowest BCUT2D eigenvalue weighted by atomic mass is 10.1. The van der Waals surface area contributed by atoms with E-state index in [9.17, 15) is 13.2 Å². The van der Waals surface area contributed by atoms with Crippen molar-refractivity contribution in [3.05, 3.63) is 53.8 Å². The molecular formula is C17H19F3O3Si. The second kappa shape index (κ2) is 8.98. The summed E-state index contributed by atoms with van der Waals surface area (Å²) in [5, 5.41) is 0.978. The van der Waals surface area contributed by atoms with Crippen molar-refractivity contribution >= 4 is 14.9 Å². The molecule has 2 aromatic rings. The normalized spacial score (nSPS) is 11.8. The van der Waals surface area contributed by atoms with Crippen molar-refractivity contribution in [2.24, 2.45) is 0 Å². The third-order valence-electron chi connectivity index (χ3n) is 3.26. The van der Waals surface area contributed by atoms with Crippen LogP contribution in [0.1, 0.15) is 13.8 Å². The van der Waals surface area contributed by atoms with Gasteiger partial charge in [-0.1, -0.05) is 24.3 Å². The van der Waals surface area contributed by atoms with Crippen molar-refractivity contribution in [1.29, 1.82) is 0 Å². The molecule has 24 heavy (non-hydrogen) atoms. The van der Waals surface area contributed by atoms with E-state index in [2.05, 4.69) is 0 Å². The summed E-state index contributed by atoms with van der Waals surface area (Å²) in [6.45, 7) is 4.00. The fourth-order valence-corrected chi connectivity index (χ4v) is 3.05. The van der Waals surface area contributed by atoms with Gasteiger partial charge in [-0.3, -0.25) is 0 Å². The zero-order valence-electron chi connectivity index (χ0n) is 13.5. The van der Waals surface area contributed by atoms with E-state index in [1.807, 2.05) is 26.0 Å². The van der Waals surface area contributed by atoms with Crippen LogP contribution in [0.25, 0.3) is 11.1 Å². The Hall–Kier alpha value is -1.67. The first-order chi connectivity index (χ1) is 11.5. The molecule has 0 aliphatic carbocycles. The summed E-state index contributed by atoms with van der Waals surface area (Å²) in [6, 6.07) is 9.01. The van der Waals surface area contributed by atoms with Gasteiger partial charge in [0.1, 0.15) is 0 Å². The summed E-state index contributed by atoms with van der Waals surface area (Å²) in [5.41, 5.74) is 0.874. The molecule has 0 fully saturated rings. The van der Waals surface area contributed by atoms with Gasteiger partial charge >= 0.3 is 0 Å². The molecule has 0 heterocycles. The fraction of sp³-hybridized carbons (Fsp3) is 0.294. The highest BCUT2D eigenvalue weighted by Crippen LogP contribution is 2.23. The highest BCUT2D eigenvalue weighted by atomic mass is 28.2. The summed E-state index contributed by atoms with van der Waals surface area (Å²) in [6.07, 6.45) is 0. The van der Waals surface area contributed by atoms with Crippen LogP contribution in [0.4, 0.5) is 13.2 Å². The standard InChI is InChI=1S/C17H19F3O3Si/c1-3-21-17(22-4-2)23-24-13-7-5-11(6-8-13)12-9-14(18)16(20)15(19)10-12/h5-10,17H,3-4,24H2,1-2H3. The maximum absolute atomic E-state index is 13.3. The summed E-state index contributed by atoms with van der Waals surface area (Å²) >= 11 is 0. The molecule has 2 aromatic carbocycles. The molecule has 3 nitrogen and oxygen atoms in total. The third-order valence-corrected chi connectivity index (χ3v) is 4.51. The Balaban J connectivity index is 2.05. The van der Waals surface area contributed by atoms with E-state index in [0.717, 1.165) is 17.3 Å². The second-order valence-electron chi connectivity index (χ2n) is 4.96. The van der Waals surface area contributed by atoms with E-state index >= 15 is 0 Å². The van der Waals surface area contributed by atoms with Gasteiger partial charge in [0.15, 0.2) is 27.2 Å². The summed E-state index contributed by atoms with van der Waals surface area (Å²) in [7, 11) is -1.08. The van der Waals surface area contributed by atoms with Crippen molar-refractivity contribution in [2.75, 3.05) is 13.2 Å². The van der Waals surface area contributed by atoms with Gasteiger partial charge in [-0.15, -0.1) is 0 Å². The minimum Gasteiger partial charge on any atom is -0.373 e. The molecule has 0 saturated carbocycles. The predicted octanol–water partition coefficient (Wildman–Crippen LogP) is 2.85. The average molecular weight is 356 g/mol. The Morgan fingerprint density at radius 2 is 1.42 bits per heavy atom. The van der Waals surface area contributed by atoms with Crippen LogP contribution in [0, 0.1) is 17.5 Å². The maximum Gasteiger partial charge on any atom is 0.261 e. The van der Waals surface area contributed by atoms with Crippen LogP contribution >= 0.6 is 0 Å². The summed E-state index contributed by atoms with van der Waals surface area (Å²) in [4.78, 5) is 0. The highest BCUT2D eigenvalue weighted by Gasteiger charge is 2.12. The van der Waals surface area contributed by atoms with Crippen LogP contribution in [-0.2, 0) is 13.9 Å². The Labute approximate surface area is 141 Å². The van der Waals surface area contributed by atoms with Gasteiger partial charge in [-0.2, -0.15) is 0 Å². The third kappa shape index (κ3) is 4.91. The smallest absolute Gasteiger partial charge is 0.261 e. The number of benzene rings is 2. The van der Waals surface area contributed by atoms with Crippen LogP contribution in [0.2, 0.25) is 0 Å². The number of ether oxygens (including phenoxy) is 2. The van der Waals surface area contributed by atoms with Gasteiger partial charge in [0.2, 0.25) is 0 Å². The Bertz CT molecular complexity index is 636. The lowest BCUT2D eigenvalue weighted by molar-refractivity contribution is -0.242. The zero-order chi connectivity index (χ0) is 17.5. The molecule has 2 rings (SSSR count). The maximum atomic E-state index is 13.3. The minimum atomic E-state index is -1.46. The van der Waals surface area contributed by atoms with Crippen LogP contribution in [0.15, 0.2) is 36.4 Å². The highest BCUT2D eigenvalue weighted by molar-refractivity contribution is 6.46.